The first kappa shape index (κ1) is 53.6. The maximum atomic E-state index is 12.5. The van der Waals surface area contributed by atoms with Crippen LogP contribution in [0.25, 0.3) is 0 Å². The Morgan fingerprint density at radius 2 is 0.782 bits per heavy atom. The Labute approximate surface area is 343 Å². The van der Waals surface area contributed by atoms with Crippen LogP contribution in [-0.2, 0) is 4.79 Å². The highest BCUT2D eigenvalue weighted by Crippen LogP contribution is 2.16. The Morgan fingerprint density at radius 1 is 0.455 bits per heavy atom. The summed E-state index contributed by atoms with van der Waals surface area (Å²) in [6.07, 6.45) is 57.3. The van der Waals surface area contributed by atoms with Gasteiger partial charge in [0.15, 0.2) is 0 Å². The van der Waals surface area contributed by atoms with E-state index in [-0.39, 0.29) is 18.9 Å². The Bertz CT molecular complexity index is 855. The van der Waals surface area contributed by atoms with Crippen LogP contribution in [0.5, 0.6) is 0 Å². The minimum atomic E-state index is -0.958. The third-order valence-corrected chi connectivity index (χ3v) is 11.2. The summed E-state index contributed by atoms with van der Waals surface area (Å²) >= 11 is 0. The minimum Gasteiger partial charge on any atom is -0.394 e. The number of amides is 1. The summed E-state index contributed by atoms with van der Waals surface area (Å²) in [6.45, 7) is 4.21. The molecule has 55 heavy (non-hydrogen) atoms. The molecule has 5 heteroatoms. The number of nitrogens with one attached hydrogen (secondary N) is 1. The van der Waals surface area contributed by atoms with Crippen molar-refractivity contribution in [3.05, 3.63) is 36.5 Å². The van der Waals surface area contributed by atoms with Gasteiger partial charge < -0.3 is 20.6 Å². The molecule has 0 aliphatic carbocycles. The Kier molecular flexibility index (Phi) is 44.1. The molecule has 0 aliphatic heterocycles. The van der Waals surface area contributed by atoms with Crippen molar-refractivity contribution in [3.8, 4) is 0 Å². The molecule has 0 fully saturated rings. The van der Waals surface area contributed by atoms with E-state index >= 15 is 0 Å². The van der Waals surface area contributed by atoms with Crippen LogP contribution in [-0.4, -0.2) is 46.1 Å². The van der Waals surface area contributed by atoms with Gasteiger partial charge in [0.25, 0.3) is 0 Å². The maximum absolute atomic E-state index is 12.5. The van der Waals surface area contributed by atoms with Gasteiger partial charge in [-0.15, -0.1) is 0 Å². The van der Waals surface area contributed by atoms with Crippen LogP contribution in [0.2, 0.25) is 0 Å². The zero-order valence-corrected chi connectivity index (χ0v) is 36.8. The monoisotopic (exact) mass is 774 g/mol. The van der Waals surface area contributed by atoms with Crippen molar-refractivity contribution in [2.24, 2.45) is 0 Å². The second-order valence-electron chi connectivity index (χ2n) is 16.7. The largest absolute Gasteiger partial charge is 0.394 e. The van der Waals surface area contributed by atoms with Crippen LogP contribution in [0.15, 0.2) is 36.5 Å². The van der Waals surface area contributed by atoms with Crippen molar-refractivity contribution < 1.29 is 20.1 Å². The van der Waals surface area contributed by atoms with Crippen LogP contribution < -0.4 is 5.32 Å². The number of aliphatic hydroxyl groups is 3. The minimum absolute atomic E-state index is 0.00509. The lowest BCUT2D eigenvalue weighted by atomic mass is 10.0. The van der Waals surface area contributed by atoms with Crippen molar-refractivity contribution >= 4 is 5.91 Å². The van der Waals surface area contributed by atoms with Gasteiger partial charge in [0.2, 0.25) is 5.91 Å². The Morgan fingerprint density at radius 3 is 1.16 bits per heavy atom. The molecule has 4 N–H and O–H groups in total. The van der Waals surface area contributed by atoms with E-state index in [4.69, 9.17) is 0 Å². The summed E-state index contributed by atoms with van der Waals surface area (Å²) in [6, 6.07) is -0.765. The second kappa shape index (κ2) is 45.3. The molecule has 5 nitrogen and oxygen atoms in total. The summed E-state index contributed by atoms with van der Waals surface area (Å²) in [5.74, 6) is -0.327. The number of carbonyl (C=O) groups excluding carboxylic acids is 1. The lowest BCUT2D eigenvalue weighted by Crippen LogP contribution is -2.45. The summed E-state index contributed by atoms with van der Waals surface area (Å²) in [5.41, 5.74) is 0. The number of allylic oxidation sites excluding steroid dienone is 5. The molecule has 0 saturated carbocycles. The first-order chi connectivity index (χ1) is 27.0. The molecule has 0 aliphatic rings. The number of hydrogen-bond donors (Lipinski definition) is 4. The van der Waals surface area contributed by atoms with Crippen LogP contribution in [0.3, 0.4) is 0 Å². The van der Waals surface area contributed by atoms with E-state index in [1.807, 2.05) is 6.08 Å². The lowest BCUT2D eigenvalue weighted by molar-refractivity contribution is -0.124. The van der Waals surface area contributed by atoms with Gasteiger partial charge >= 0.3 is 0 Å². The Hall–Kier alpha value is -1.43. The van der Waals surface area contributed by atoms with Crippen LogP contribution in [0.1, 0.15) is 251 Å². The zero-order valence-electron chi connectivity index (χ0n) is 36.8. The molecule has 0 heterocycles. The zero-order chi connectivity index (χ0) is 40.1. The molecule has 0 radical (unpaired) electrons. The molecule has 3 atom stereocenters. The van der Waals surface area contributed by atoms with Gasteiger partial charge in [0.05, 0.1) is 31.3 Å². The Balaban J connectivity index is 3.69. The molecule has 0 saturated heterocycles. The van der Waals surface area contributed by atoms with E-state index in [9.17, 15) is 20.1 Å². The van der Waals surface area contributed by atoms with E-state index in [0.29, 0.717) is 6.42 Å². The van der Waals surface area contributed by atoms with Crippen molar-refractivity contribution in [2.75, 3.05) is 6.61 Å². The van der Waals surface area contributed by atoms with Gasteiger partial charge in [-0.2, -0.15) is 0 Å². The molecule has 0 aromatic heterocycles. The summed E-state index contributed by atoms with van der Waals surface area (Å²) < 4.78 is 0. The van der Waals surface area contributed by atoms with Crippen LogP contribution in [0, 0.1) is 0 Å². The topological polar surface area (TPSA) is 89.8 Å². The number of hydrogen-bond acceptors (Lipinski definition) is 4. The van der Waals surface area contributed by atoms with Gasteiger partial charge in [-0.3, -0.25) is 4.79 Å². The highest BCUT2D eigenvalue weighted by molar-refractivity contribution is 5.76. The van der Waals surface area contributed by atoms with Crippen LogP contribution >= 0.6 is 0 Å². The molecule has 0 bridgehead atoms. The fourth-order valence-corrected chi connectivity index (χ4v) is 7.43. The van der Waals surface area contributed by atoms with Crippen molar-refractivity contribution in [3.63, 3.8) is 0 Å². The standard InChI is InChI=1S/C50H95NO4/c1-3-5-7-9-11-13-15-17-19-21-22-23-24-25-26-27-28-30-32-34-36-38-40-42-44-49(54)48(46-52)51-50(55)45-47(53)43-41-39-37-35-33-31-29-20-18-16-14-12-10-8-6-4-2/h27-28,34,36,42,44,47-49,52-54H,3-26,29-33,35,37-41,43,45-46H2,1-2H3,(H,51,55)/b28-27+,36-34+,44-42+. The predicted octanol–water partition coefficient (Wildman–Crippen LogP) is 14.3. The van der Waals surface area contributed by atoms with Gasteiger partial charge in [0, 0.05) is 0 Å². The van der Waals surface area contributed by atoms with Crippen molar-refractivity contribution in [1.82, 2.24) is 5.32 Å². The summed E-state index contributed by atoms with van der Waals surface area (Å²) in [7, 11) is 0. The summed E-state index contributed by atoms with van der Waals surface area (Å²) in [4.78, 5) is 12.5. The molecule has 0 spiro atoms. The quantitative estimate of drug-likeness (QED) is 0.0367. The molecule has 0 rings (SSSR count). The molecule has 324 valence electrons. The average molecular weight is 774 g/mol. The molecule has 0 aromatic rings. The van der Waals surface area contributed by atoms with Crippen LogP contribution in [0.4, 0.5) is 0 Å². The normalized spacial score (nSPS) is 13.8. The van der Waals surface area contributed by atoms with E-state index < -0.39 is 18.2 Å². The predicted molar refractivity (Wildman–Crippen MR) is 241 cm³/mol. The van der Waals surface area contributed by atoms with E-state index in [2.05, 4.69) is 43.5 Å². The second-order valence-corrected chi connectivity index (χ2v) is 16.7. The third kappa shape index (κ3) is 42.0. The van der Waals surface area contributed by atoms with Gasteiger partial charge in [-0.05, 0) is 44.9 Å². The SMILES string of the molecule is CCCCCCCCCCCCCCCC/C=C/CC/C=C/CC/C=C/C(O)C(CO)NC(=O)CC(O)CCCCCCCCCCCCCCCCCC. The fourth-order valence-electron chi connectivity index (χ4n) is 7.43. The third-order valence-electron chi connectivity index (χ3n) is 11.2. The van der Waals surface area contributed by atoms with Gasteiger partial charge in [0.1, 0.15) is 0 Å². The molecule has 3 unspecified atom stereocenters. The highest BCUT2D eigenvalue weighted by atomic mass is 16.3. The molecular weight excluding hydrogens is 679 g/mol. The van der Waals surface area contributed by atoms with Crippen molar-refractivity contribution in [2.45, 2.75) is 270 Å². The number of carbonyl (C=O) groups is 1. The smallest absolute Gasteiger partial charge is 0.222 e. The summed E-state index contributed by atoms with van der Waals surface area (Å²) in [5, 5.41) is 33.3. The van der Waals surface area contributed by atoms with E-state index in [1.165, 1.54) is 186 Å². The van der Waals surface area contributed by atoms with Crippen molar-refractivity contribution in [1.29, 1.82) is 0 Å². The first-order valence-corrected chi connectivity index (χ1v) is 24.3. The van der Waals surface area contributed by atoms with E-state index in [1.54, 1.807) is 6.08 Å². The molecule has 0 aromatic carbocycles. The van der Waals surface area contributed by atoms with Gasteiger partial charge in [-0.1, -0.05) is 237 Å². The molecule has 1 amide bonds. The number of rotatable bonds is 44. The van der Waals surface area contributed by atoms with E-state index in [0.717, 1.165) is 38.5 Å². The fraction of sp³-hybridized carbons (Fsp3) is 0.860. The average Bonchev–Trinajstić information content (AvgIpc) is 3.18. The molecular formula is C50H95NO4. The highest BCUT2D eigenvalue weighted by Gasteiger charge is 2.20. The first-order valence-electron chi connectivity index (χ1n) is 24.3. The van der Waals surface area contributed by atoms with Gasteiger partial charge in [-0.25, -0.2) is 0 Å². The lowest BCUT2D eigenvalue weighted by Gasteiger charge is -2.21. The number of unbranched alkanes of at least 4 members (excludes halogenated alkanes) is 31. The maximum Gasteiger partial charge on any atom is 0.222 e. The number of aliphatic hydroxyl groups excluding tert-OH is 3.